The number of nitrogens with zero attached hydrogens (tertiary/aromatic N) is 1. The summed E-state index contributed by atoms with van der Waals surface area (Å²) in [6, 6.07) is 0. The summed E-state index contributed by atoms with van der Waals surface area (Å²) in [5.74, 6) is -0.300. The third-order valence-electron chi connectivity index (χ3n) is 2.13. The number of aromatic nitrogens is 1. The van der Waals surface area contributed by atoms with E-state index in [1.807, 2.05) is 6.92 Å². The minimum Gasteiger partial charge on any atom is -0.481 e. The van der Waals surface area contributed by atoms with Crippen molar-refractivity contribution in [3.8, 4) is 0 Å². The van der Waals surface area contributed by atoms with E-state index in [0.29, 0.717) is 17.9 Å². The number of hydrogen-bond acceptors (Lipinski definition) is 5. The van der Waals surface area contributed by atoms with Crippen LogP contribution in [0.1, 0.15) is 26.0 Å². The molecule has 0 aromatic carbocycles. The van der Waals surface area contributed by atoms with Gasteiger partial charge in [0.15, 0.2) is 0 Å². The largest absolute Gasteiger partial charge is 0.481 e. The van der Waals surface area contributed by atoms with Gasteiger partial charge >= 0.3 is 5.97 Å². The summed E-state index contributed by atoms with van der Waals surface area (Å²) < 4.78 is 0.810. The van der Waals surface area contributed by atoms with E-state index in [-0.39, 0.29) is 6.42 Å². The molecule has 1 aromatic rings. The van der Waals surface area contributed by atoms with Gasteiger partial charge in [0, 0.05) is 11.1 Å². The number of carboxylic acid groups (broad SMARTS) is 1. The summed E-state index contributed by atoms with van der Waals surface area (Å²) in [4.78, 5) is 14.6. The SMILES string of the molecule is CCC(C)(O)CSc1nc(CC(=O)O)cs1. The molecule has 0 spiro atoms. The lowest BCUT2D eigenvalue weighted by Gasteiger charge is -2.19. The summed E-state index contributed by atoms with van der Waals surface area (Å²) in [6.45, 7) is 3.71. The van der Waals surface area contributed by atoms with Gasteiger partial charge in [-0.2, -0.15) is 0 Å². The molecule has 0 radical (unpaired) electrons. The van der Waals surface area contributed by atoms with Crippen molar-refractivity contribution in [3.05, 3.63) is 11.1 Å². The molecule has 6 heteroatoms. The molecule has 0 saturated heterocycles. The van der Waals surface area contributed by atoms with E-state index in [2.05, 4.69) is 4.98 Å². The summed E-state index contributed by atoms with van der Waals surface area (Å²) in [7, 11) is 0. The smallest absolute Gasteiger partial charge is 0.309 e. The quantitative estimate of drug-likeness (QED) is 0.767. The zero-order chi connectivity index (χ0) is 12.2. The Kier molecular flexibility index (Phi) is 4.76. The van der Waals surface area contributed by atoms with Crippen molar-refractivity contribution in [1.82, 2.24) is 4.98 Å². The van der Waals surface area contributed by atoms with E-state index < -0.39 is 11.6 Å². The van der Waals surface area contributed by atoms with Crippen molar-refractivity contribution in [3.63, 3.8) is 0 Å². The van der Waals surface area contributed by atoms with Gasteiger partial charge in [0.25, 0.3) is 0 Å². The van der Waals surface area contributed by atoms with Gasteiger partial charge in [-0.3, -0.25) is 4.79 Å². The number of aliphatic hydroxyl groups is 1. The first-order chi connectivity index (χ1) is 7.43. The Labute approximate surface area is 103 Å². The fourth-order valence-electron chi connectivity index (χ4n) is 0.910. The lowest BCUT2D eigenvalue weighted by molar-refractivity contribution is -0.136. The number of rotatable bonds is 6. The molecule has 16 heavy (non-hydrogen) atoms. The molecular formula is C10H15NO3S2. The van der Waals surface area contributed by atoms with Crippen molar-refractivity contribution < 1.29 is 15.0 Å². The van der Waals surface area contributed by atoms with Crippen LogP contribution >= 0.6 is 23.1 Å². The van der Waals surface area contributed by atoms with Gasteiger partial charge in [0.1, 0.15) is 4.34 Å². The van der Waals surface area contributed by atoms with Gasteiger partial charge in [-0.15, -0.1) is 11.3 Å². The molecule has 2 N–H and O–H groups in total. The summed E-state index contributed by atoms with van der Waals surface area (Å²) in [5.41, 5.74) is -0.111. The maximum absolute atomic E-state index is 10.5. The molecule has 90 valence electrons. The van der Waals surface area contributed by atoms with Crippen molar-refractivity contribution in [1.29, 1.82) is 0 Å². The Morgan fingerprint density at radius 2 is 2.38 bits per heavy atom. The summed E-state index contributed by atoms with van der Waals surface area (Å²) >= 11 is 2.88. The van der Waals surface area contributed by atoms with Gasteiger partial charge in [-0.05, 0) is 13.3 Å². The topological polar surface area (TPSA) is 70.4 Å². The number of carboxylic acids is 1. The second kappa shape index (κ2) is 5.65. The summed E-state index contributed by atoms with van der Waals surface area (Å²) in [6.07, 6.45) is 0.647. The standard InChI is InChI=1S/C10H15NO3S2/c1-3-10(2,14)6-16-9-11-7(5-15-9)4-8(12)13/h5,14H,3-4,6H2,1-2H3,(H,12,13). The second-order valence-electron chi connectivity index (χ2n) is 3.81. The number of hydrogen-bond donors (Lipinski definition) is 2. The molecule has 0 saturated carbocycles. The molecule has 1 atom stereocenters. The highest BCUT2D eigenvalue weighted by Gasteiger charge is 2.18. The summed E-state index contributed by atoms with van der Waals surface area (Å²) in [5, 5.41) is 20.1. The molecule has 1 heterocycles. The Morgan fingerprint density at radius 3 is 2.94 bits per heavy atom. The van der Waals surface area contributed by atoms with Gasteiger partial charge < -0.3 is 10.2 Å². The molecule has 1 rings (SSSR count). The average molecular weight is 261 g/mol. The maximum Gasteiger partial charge on any atom is 0.309 e. The number of thioether (sulfide) groups is 1. The van der Waals surface area contributed by atoms with Crippen LogP contribution < -0.4 is 0 Å². The third kappa shape index (κ3) is 4.51. The molecule has 0 aliphatic heterocycles. The predicted molar refractivity (Wildman–Crippen MR) is 65.1 cm³/mol. The predicted octanol–water partition coefficient (Wildman–Crippen LogP) is 2.02. The zero-order valence-corrected chi connectivity index (χ0v) is 10.9. The number of carbonyl (C=O) groups is 1. The van der Waals surface area contributed by atoms with E-state index in [0.717, 1.165) is 4.34 Å². The lowest BCUT2D eigenvalue weighted by Crippen LogP contribution is -2.25. The minimum atomic E-state index is -0.873. The Morgan fingerprint density at radius 1 is 1.69 bits per heavy atom. The average Bonchev–Trinajstić information content (AvgIpc) is 2.62. The van der Waals surface area contributed by atoms with Crippen molar-refractivity contribution in [2.75, 3.05) is 5.75 Å². The molecule has 0 amide bonds. The van der Waals surface area contributed by atoms with Crippen LogP contribution in [0.15, 0.2) is 9.72 Å². The van der Waals surface area contributed by atoms with E-state index in [1.165, 1.54) is 23.1 Å². The van der Waals surface area contributed by atoms with Gasteiger partial charge in [-0.1, -0.05) is 18.7 Å². The van der Waals surface area contributed by atoms with Crippen molar-refractivity contribution >= 4 is 29.1 Å². The molecule has 4 nitrogen and oxygen atoms in total. The fourth-order valence-corrected chi connectivity index (χ4v) is 2.87. The highest BCUT2D eigenvalue weighted by atomic mass is 32.2. The van der Waals surface area contributed by atoms with Crippen LogP contribution in [0.25, 0.3) is 0 Å². The molecular weight excluding hydrogens is 246 g/mol. The number of aliphatic carboxylic acids is 1. The molecule has 0 fully saturated rings. The molecule has 0 bridgehead atoms. The van der Waals surface area contributed by atoms with Crippen LogP contribution in [0.2, 0.25) is 0 Å². The fraction of sp³-hybridized carbons (Fsp3) is 0.600. The minimum absolute atomic E-state index is 0.0404. The van der Waals surface area contributed by atoms with Crippen LogP contribution in [0.4, 0.5) is 0 Å². The van der Waals surface area contributed by atoms with Crippen LogP contribution in [-0.4, -0.2) is 32.5 Å². The van der Waals surface area contributed by atoms with Gasteiger partial charge in [0.2, 0.25) is 0 Å². The maximum atomic E-state index is 10.5. The van der Waals surface area contributed by atoms with Crippen LogP contribution in [0.5, 0.6) is 0 Å². The first-order valence-corrected chi connectivity index (χ1v) is 6.81. The van der Waals surface area contributed by atoms with Crippen molar-refractivity contribution in [2.24, 2.45) is 0 Å². The third-order valence-corrected chi connectivity index (χ3v) is 4.56. The van der Waals surface area contributed by atoms with Gasteiger partial charge in [0.05, 0.1) is 17.7 Å². The Balaban J connectivity index is 2.49. The lowest BCUT2D eigenvalue weighted by atomic mass is 10.1. The first kappa shape index (κ1) is 13.5. The zero-order valence-electron chi connectivity index (χ0n) is 9.27. The van der Waals surface area contributed by atoms with Gasteiger partial charge in [-0.25, -0.2) is 4.98 Å². The number of thiazole rings is 1. The normalized spacial score (nSPS) is 14.7. The molecule has 1 aromatic heterocycles. The molecule has 0 aliphatic rings. The van der Waals surface area contributed by atoms with E-state index in [9.17, 15) is 9.90 Å². The monoisotopic (exact) mass is 261 g/mol. The molecule has 1 unspecified atom stereocenters. The Hall–Kier alpha value is -0.590. The van der Waals surface area contributed by atoms with E-state index >= 15 is 0 Å². The van der Waals surface area contributed by atoms with Crippen molar-refractivity contribution in [2.45, 2.75) is 36.6 Å². The molecule has 0 aliphatic carbocycles. The van der Waals surface area contributed by atoms with E-state index in [4.69, 9.17) is 5.11 Å². The second-order valence-corrected chi connectivity index (χ2v) is 5.90. The van der Waals surface area contributed by atoms with Crippen LogP contribution in [0.3, 0.4) is 0 Å². The highest BCUT2D eigenvalue weighted by molar-refractivity contribution is 8.01. The highest BCUT2D eigenvalue weighted by Crippen LogP contribution is 2.27. The Bertz CT molecular complexity index is 363. The van der Waals surface area contributed by atoms with E-state index in [1.54, 1.807) is 12.3 Å². The van der Waals surface area contributed by atoms with Crippen LogP contribution in [0, 0.1) is 0 Å². The van der Waals surface area contributed by atoms with Crippen LogP contribution in [-0.2, 0) is 11.2 Å². The first-order valence-electron chi connectivity index (χ1n) is 4.94.